The van der Waals surface area contributed by atoms with Gasteiger partial charge < -0.3 is 14.4 Å². The van der Waals surface area contributed by atoms with E-state index in [1.54, 1.807) is 45.0 Å². The maximum atomic E-state index is 14.0. The average Bonchev–Trinajstić information content (AvgIpc) is 2.43. The molecule has 4 nitrogen and oxygen atoms in total. The molecule has 1 aromatic rings. The second-order valence-electron chi connectivity index (χ2n) is 7.05. The van der Waals surface area contributed by atoms with E-state index in [-0.39, 0.29) is 19.6 Å². The van der Waals surface area contributed by atoms with Crippen LogP contribution >= 0.6 is 11.6 Å². The zero-order valence-corrected chi connectivity index (χ0v) is 14.8. The summed E-state index contributed by atoms with van der Waals surface area (Å²) in [6, 6.07) is 6.68. The van der Waals surface area contributed by atoms with Crippen LogP contribution in [0.2, 0.25) is 5.02 Å². The summed E-state index contributed by atoms with van der Waals surface area (Å²) in [7, 11) is 0. The molecule has 0 radical (unpaired) electrons. The fourth-order valence-corrected chi connectivity index (χ4v) is 2.65. The molecule has 2 rings (SSSR count). The molecule has 1 saturated heterocycles. The van der Waals surface area contributed by atoms with Crippen LogP contribution in [0.25, 0.3) is 0 Å². The van der Waals surface area contributed by atoms with Crippen LogP contribution < -0.4 is 4.74 Å². The van der Waals surface area contributed by atoms with Crippen molar-refractivity contribution in [2.75, 3.05) is 19.7 Å². The van der Waals surface area contributed by atoms with Crippen LogP contribution in [-0.2, 0) is 4.74 Å². The van der Waals surface area contributed by atoms with Gasteiger partial charge in [0.25, 0.3) is 5.92 Å². The van der Waals surface area contributed by atoms with Crippen molar-refractivity contribution in [3.05, 3.63) is 29.3 Å². The molecule has 1 aliphatic heterocycles. The normalized spacial score (nSPS) is 20.6. The van der Waals surface area contributed by atoms with Crippen LogP contribution in [0, 0.1) is 5.92 Å². The molecule has 1 fully saturated rings. The Morgan fingerprint density at radius 3 is 2.54 bits per heavy atom. The number of carbonyl (C=O) groups excluding carboxylic acids is 1. The molecule has 1 atom stereocenters. The van der Waals surface area contributed by atoms with E-state index in [1.807, 2.05) is 0 Å². The van der Waals surface area contributed by atoms with E-state index in [1.165, 1.54) is 0 Å². The molecule has 1 aromatic carbocycles. The lowest BCUT2D eigenvalue weighted by atomic mass is 9.96. The highest BCUT2D eigenvalue weighted by Crippen LogP contribution is 2.32. The van der Waals surface area contributed by atoms with Crippen molar-refractivity contribution < 1.29 is 23.0 Å². The van der Waals surface area contributed by atoms with Crippen molar-refractivity contribution in [3.8, 4) is 5.75 Å². The Morgan fingerprint density at radius 2 is 1.96 bits per heavy atom. The predicted octanol–water partition coefficient (Wildman–Crippen LogP) is 4.61. The van der Waals surface area contributed by atoms with Gasteiger partial charge in [-0.2, -0.15) is 0 Å². The molecule has 0 spiro atoms. The van der Waals surface area contributed by atoms with E-state index >= 15 is 0 Å². The first-order valence-corrected chi connectivity index (χ1v) is 8.16. The van der Waals surface area contributed by atoms with Crippen molar-refractivity contribution in [3.63, 3.8) is 0 Å². The highest BCUT2D eigenvalue weighted by Gasteiger charge is 2.43. The summed E-state index contributed by atoms with van der Waals surface area (Å²) in [6.07, 6.45) is -1.04. The maximum absolute atomic E-state index is 14.0. The first kappa shape index (κ1) is 18.8. The molecular weight excluding hydrogens is 340 g/mol. The maximum Gasteiger partial charge on any atom is 0.410 e. The molecule has 7 heteroatoms. The number of likely N-dealkylation sites (tertiary alicyclic amines) is 1. The number of piperidine rings is 1. The summed E-state index contributed by atoms with van der Waals surface area (Å²) < 4.78 is 38.7. The van der Waals surface area contributed by atoms with Crippen LogP contribution in [0.1, 0.15) is 27.2 Å². The summed E-state index contributed by atoms with van der Waals surface area (Å²) in [6.45, 7) is 4.75. The van der Waals surface area contributed by atoms with Gasteiger partial charge in [0.05, 0.1) is 13.2 Å². The summed E-state index contributed by atoms with van der Waals surface area (Å²) >= 11 is 5.79. The van der Waals surface area contributed by atoms with Crippen molar-refractivity contribution in [1.82, 2.24) is 4.90 Å². The Kier molecular flexibility index (Phi) is 5.58. The number of rotatable bonds is 3. The molecule has 0 N–H and O–H groups in total. The van der Waals surface area contributed by atoms with Gasteiger partial charge in [-0.3, -0.25) is 0 Å². The largest absolute Gasteiger partial charge is 0.493 e. The first-order chi connectivity index (χ1) is 11.0. The average molecular weight is 362 g/mol. The molecule has 0 aromatic heterocycles. The number of carbonyl (C=O) groups is 1. The SMILES string of the molecule is CC(C)(C)OC(=O)N1CC(COc2ccc(Cl)cc2)CC(F)(F)C1. The van der Waals surface area contributed by atoms with Crippen molar-refractivity contribution in [2.45, 2.75) is 38.7 Å². The molecule has 1 heterocycles. The summed E-state index contributed by atoms with van der Waals surface area (Å²) in [5.41, 5.74) is -0.723. The van der Waals surface area contributed by atoms with E-state index in [0.717, 1.165) is 4.90 Å². The zero-order chi connectivity index (χ0) is 18.0. The molecule has 0 aliphatic carbocycles. The van der Waals surface area contributed by atoms with Crippen LogP contribution in [0.15, 0.2) is 24.3 Å². The van der Waals surface area contributed by atoms with Gasteiger partial charge in [-0.15, -0.1) is 0 Å². The molecule has 1 aliphatic rings. The third-order valence-corrected chi connectivity index (χ3v) is 3.69. The van der Waals surface area contributed by atoms with Crippen LogP contribution in [-0.4, -0.2) is 42.2 Å². The minimum Gasteiger partial charge on any atom is -0.493 e. The fraction of sp³-hybridized carbons (Fsp3) is 0.588. The number of alkyl halides is 2. The molecule has 134 valence electrons. The first-order valence-electron chi connectivity index (χ1n) is 7.78. The molecule has 1 unspecified atom stereocenters. The van der Waals surface area contributed by atoms with Crippen LogP contribution in [0.4, 0.5) is 13.6 Å². The second-order valence-corrected chi connectivity index (χ2v) is 7.49. The predicted molar refractivity (Wildman–Crippen MR) is 87.8 cm³/mol. The van der Waals surface area contributed by atoms with Crippen molar-refractivity contribution in [2.24, 2.45) is 5.92 Å². The summed E-state index contributed by atoms with van der Waals surface area (Å²) in [5.74, 6) is -2.88. The number of amides is 1. The Morgan fingerprint density at radius 1 is 1.33 bits per heavy atom. The van der Waals surface area contributed by atoms with Gasteiger partial charge in [-0.05, 0) is 45.0 Å². The molecule has 24 heavy (non-hydrogen) atoms. The summed E-state index contributed by atoms with van der Waals surface area (Å²) in [5, 5.41) is 0.572. The topological polar surface area (TPSA) is 38.8 Å². The number of hydrogen-bond acceptors (Lipinski definition) is 3. The van der Waals surface area contributed by atoms with Gasteiger partial charge in [0.2, 0.25) is 0 Å². The van der Waals surface area contributed by atoms with E-state index in [9.17, 15) is 13.6 Å². The number of ether oxygens (including phenoxy) is 2. The van der Waals surface area contributed by atoms with E-state index in [2.05, 4.69) is 0 Å². The van der Waals surface area contributed by atoms with E-state index < -0.39 is 30.1 Å². The number of benzene rings is 1. The van der Waals surface area contributed by atoms with Gasteiger partial charge in [0, 0.05) is 23.9 Å². The highest BCUT2D eigenvalue weighted by molar-refractivity contribution is 6.30. The molecule has 1 amide bonds. The van der Waals surface area contributed by atoms with Gasteiger partial charge in [-0.25, -0.2) is 13.6 Å². The zero-order valence-electron chi connectivity index (χ0n) is 14.0. The van der Waals surface area contributed by atoms with Gasteiger partial charge in [0.15, 0.2) is 0 Å². The Labute approximate surface area is 145 Å². The lowest BCUT2D eigenvalue weighted by molar-refractivity contribution is -0.0916. The monoisotopic (exact) mass is 361 g/mol. The minimum atomic E-state index is -2.96. The van der Waals surface area contributed by atoms with Crippen molar-refractivity contribution in [1.29, 1.82) is 0 Å². The summed E-state index contributed by atoms with van der Waals surface area (Å²) in [4.78, 5) is 13.1. The third kappa shape index (κ3) is 5.82. The van der Waals surface area contributed by atoms with Gasteiger partial charge >= 0.3 is 6.09 Å². The smallest absolute Gasteiger partial charge is 0.410 e. The Hall–Kier alpha value is -1.56. The Bertz CT molecular complexity index is 572. The number of halogens is 3. The standard InChI is InChI=1S/C17H22ClF2NO3/c1-16(2,3)24-15(22)21-9-12(8-17(19,20)11-21)10-23-14-6-4-13(18)5-7-14/h4-7,12H,8-11H2,1-3H3. The third-order valence-electron chi connectivity index (χ3n) is 3.44. The fourth-order valence-electron chi connectivity index (χ4n) is 2.53. The van der Waals surface area contributed by atoms with Gasteiger partial charge in [0.1, 0.15) is 11.4 Å². The number of nitrogens with zero attached hydrogens (tertiary/aromatic N) is 1. The second kappa shape index (κ2) is 7.13. The molecule has 0 bridgehead atoms. The Balaban J connectivity index is 1.97. The number of hydrogen-bond donors (Lipinski definition) is 0. The highest BCUT2D eigenvalue weighted by atomic mass is 35.5. The van der Waals surface area contributed by atoms with Crippen LogP contribution in [0.5, 0.6) is 5.75 Å². The lowest BCUT2D eigenvalue weighted by Crippen LogP contribution is -2.52. The van der Waals surface area contributed by atoms with E-state index in [0.29, 0.717) is 10.8 Å². The minimum absolute atomic E-state index is 0.0938. The molecule has 0 saturated carbocycles. The van der Waals surface area contributed by atoms with Crippen LogP contribution in [0.3, 0.4) is 0 Å². The lowest BCUT2D eigenvalue weighted by Gasteiger charge is -2.38. The van der Waals surface area contributed by atoms with Crippen molar-refractivity contribution >= 4 is 17.7 Å². The molecular formula is C17H22ClF2NO3. The quantitative estimate of drug-likeness (QED) is 0.789. The van der Waals surface area contributed by atoms with E-state index in [4.69, 9.17) is 21.1 Å². The van der Waals surface area contributed by atoms with Gasteiger partial charge in [-0.1, -0.05) is 11.6 Å².